The highest BCUT2D eigenvalue weighted by Crippen LogP contribution is 2.29. The molecule has 0 heterocycles. The fourth-order valence-electron chi connectivity index (χ4n) is 1.87. The molecular weight excluding hydrogens is 415 g/mol. The molecule has 1 aromatic rings. The molecule has 0 aromatic heterocycles. The number of hydrogen-bond donors (Lipinski definition) is 2. The van der Waals surface area contributed by atoms with Gasteiger partial charge in [-0.1, -0.05) is 44.0 Å². The van der Waals surface area contributed by atoms with Gasteiger partial charge in [0.05, 0.1) is 15.6 Å². The zero-order valence-electron chi connectivity index (χ0n) is 15.6. The first-order chi connectivity index (χ1) is 12.5. The zero-order chi connectivity index (χ0) is 20.8. The number of esters is 1. The van der Waals surface area contributed by atoms with E-state index >= 15 is 0 Å². The topological polar surface area (TPSA) is 102 Å². The van der Waals surface area contributed by atoms with Crippen molar-refractivity contribution in [3.05, 3.63) is 27.7 Å². The van der Waals surface area contributed by atoms with E-state index in [0.29, 0.717) is 0 Å². The maximum atomic E-state index is 12.4. The van der Waals surface area contributed by atoms with Gasteiger partial charge >= 0.3 is 5.97 Å². The van der Waals surface area contributed by atoms with Crippen LogP contribution in [0.2, 0.25) is 10.0 Å². The molecule has 1 atom stereocenters. The van der Waals surface area contributed by atoms with Gasteiger partial charge in [0.1, 0.15) is 4.90 Å². The normalized spacial score (nSPS) is 12.7. The van der Waals surface area contributed by atoms with Crippen LogP contribution in [0.1, 0.15) is 44.5 Å². The summed E-state index contributed by atoms with van der Waals surface area (Å²) in [4.78, 5) is 23.7. The van der Waals surface area contributed by atoms with Crippen LogP contribution >= 0.6 is 23.2 Å². The second-order valence-corrected chi connectivity index (χ2v) is 9.01. The maximum Gasteiger partial charge on any atom is 0.340 e. The molecule has 0 bridgehead atoms. The second-order valence-electron chi connectivity index (χ2n) is 6.46. The Bertz CT molecular complexity index is 797. The van der Waals surface area contributed by atoms with E-state index in [1.165, 1.54) is 0 Å². The van der Waals surface area contributed by atoms with Gasteiger partial charge in [0, 0.05) is 12.6 Å². The van der Waals surface area contributed by atoms with E-state index in [0.717, 1.165) is 18.6 Å². The summed E-state index contributed by atoms with van der Waals surface area (Å²) in [6, 6.07) is 2.14. The summed E-state index contributed by atoms with van der Waals surface area (Å²) in [6.45, 7) is 7.11. The number of ether oxygens (including phenoxy) is 1. The molecule has 0 aliphatic carbocycles. The Kier molecular flexibility index (Phi) is 9.01. The Balaban J connectivity index is 2.98. The number of carbonyl (C=O) groups excluding carboxylic acids is 2. The fraction of sp³-hybridized carbons (Fsp3) is 0.529. The van der Waals surface area contributed by atoms with Crippen LogP contribution in [0, 0.1) is 5.92 Å². The highest BCUT2D eigenvalue weighted by molar-refractivity contribution is 7.89. The molecule has 0 spiro atoms. The Labute approximate surface area is 169 Å². The standard InChI is InChI=1S/C17H24Cl2N2O5S/c1-5-11(4)21-16(22)9-26-17(23)12-6-15(14(19)7-13(12)18)27(24,25)20-8-10(2)3/h6-7,10-11,20H,5,8-9H2,1-4H3,(H,21,22)/t11-/m0/s1. The van der Waals surface area contributed by atoms with E-state index in [1.807, 2.05) is 27.7 Å². The van der Waals surface area contributed by atoms with Crippen LogP contribution in [0.25, 0.3) is 0 Å². The Morgan fingerprint density at radius 1 is 1.15 bits per heavy atom. The van der Waals surface area contributed by atoms with Crippen molar-refractivity contribution < 1.29 is 22.7 Å². The summed E-state index contributed by atoms with van der Waals surface area (Å²) in [5.74, 6) is -1.30. The molecule has 0 aliphatic rings. The Hall–Kier alpha value is -1.35. The minimum Gasteiger partial charge on any atom is -0.452 e. The molecule has 1 rings (SSSR count). The van der Waals surface area contributed by atoms with Crippen LogP contribution in [0.4, 0.5) is 0 Å². The number of amides is 1. The maximum absolute atomic E-state index is 12.4. The van der Waals surface area contributed by atoms with Crippen molar-refractivity contribution >= 4 is 45.1 Å². The van der Waals surface area contributed by atoms with Crippen molar-refractivity contribution in [3.8, 4) is 0 Å². The summed E-state index contributed by atoms with van der Waals surface area (Å²) in [7, 11) is -3.94. The summed E-state index contributed by atoms with van der Waals surface area (Å²) < 4.78 is 32.2. The lowest BCUT2D eigenvalue weighted by molar-refractivity contribution is -0.124. The van der Waals surface area contributed by atoms with E-state index < -0.39 is 28.5 Å². The molecule has 0 unspecified atom stereocenters. The predicted octanol–water partition coefficient (Wildman–Crippen LogP) is 3.00. The predicted molar refractivity (Wildman–Crippen MR) is 105 cm³/mol. The molecule has 0 fully saturated rings. The third kappa shape index (κ3) is 7.29. The average Bonchev–Trinajstić information content (AvgIpc) is 2.57. The lowest BCUT2D eigenvalue weighted by Crippen LogP contribution is -2.35. The first kappa shape index (κ1) is 23.7. The first-order valence-corrected chi connectivity index (χ1v) is 10.7. The van der Waals surface area contributed by atoms with Crippen LogP contribution in [0.5, 0.6) is 0 Å². The van der Waals surface area contributed by atoms with Crippen molar-refractivity contribution in [2.75, 3.05) is 13.2 Å². The number of rotatable bonds is 9. The van der Waals surface area contributed by atoms with Crippen LogP contribution in [-0.2, 0) is 19.6 Å². The molecule has 0 radical (unpaired) electrons. The van der Waals surface area contributed by atoms with Crippen molar-refractivity contribution in [2.24, 2.45) is 5.92 Å². The first-order valence-electron chi connectivity index (χ1n) is 8.43. The summed E-state index contributed by atoms with van der Waals surface area (Å²) in [5, 5.41) is 2.45. The monoisotopic (exact) mass is 438 g/mol. The quantitative estimate of drug-likeness (QED) is 0.576. The minimum atomic E-state index is -3.94. The highest BCUT2D eigenvalue weighted by atomic mass is 35.5. The number of carbonyl (C=O) groups is 2. The molecule has 7 nitrogen and oxygen atoms in total. The van der Waals surface area contributed by atoms with E-state index in [4.69, 9.17) is 27.9 Å². The summed E-state index contributed by atoms with van der Waals surface area (Å²) in [6.07, 6.45) is 0.729. The van der Waals surface area contributed by atoms with Crippen molar-refractivity contribution in [2.45, 2.75) is 45.1 Å². The molecule has 10 heteroatoms. The number of nitrogens with one attached hydrogen (secondary N) is 2. The van der Waals surface area contributed by atoms with Gasteiger partial charge in [-0.15, -0.1) is 0 Å². The Morgan fingerprint density at radius 3 is 2.33 bits per heavy atom. The van der Waals surface area contributed by atoms with Crippen molar-refractivity contribution in [1.29, 1.82) is 0 Å². The lowest BCUT2D eigenvalue weighted by atomic mass is 10.2. The van der Waals surface area contributed by atoms with Gasteiger partial charge in [-0.3, -0.25) is 4.79 Å². The van der Waals surface area contributed by atoms with Crippen LogP contribution in [0.3, 0.4) is 0 Å². The average molecular weight is 439 g/mol. The van der Waals surface area contributed by atoms with Gasteiger partial charge in [-0.2, -0.15) is 0 Å². The summed E-state index contributed by atoms with van der Waals surface area (Å²) >= 11 is 12.0. The van der Waals surface area contributed by atoms with Gasteiger partial charge in [-0.05, 0) is 31.4 Å². The van der Waals surface area contributed by atoms with E-state index in [-0.39, 0.29) is 39.0 Å². The number of sulfonamides is 1. The second kappa shape index (κ2) is 10.3. The van der Waals surface area contributed by atoms with Crippen LogP contribution < -0.4 is 10.0 Å². The SMILES string of the molecule is CC[C@H](C)NC(=O)COC(=O)c1cc(S(=O)(=O)NCC(C)C)c(Cl)cc1Cl. The van der Waals surface area contributed by atoms with E-state index in [9.17, 15) is 18.0 Å². The van der Waals surface area contributed by atoms with Gasteiger partial charge in [0.15, 0.2) is 6.61 Å². The molecule has 0 saturated carbocycles. The third-order valence-corrected chi connectivity index (χ3v) is 5.77. The Morgan fingerprint density at radius 2 is 1.78 bits per heavy atom. The summed E-state index contributed by atoms with van der Waals surface area (Å²) in [5.41, 5.74) is -0.192. The smallest absolute Gasteiger partial charge is 0.340 e. The van der Waals surface area contributed by atoms with Gasteiger partial charge in [-0.25, -0.2) is 17.9 Å². The van der Waals surface area contributed by atoms with Crippen molar-refractivity contribution in [1.82, 2.24) is 10.0 Å². The van der Waals surface area contributed by atoms with Crippen LogP contribution in [0.15, 0.2) is 17.0 Å². The molecule has 0 aliphatic heterocycles. The van der Waals surface area contributed by atoms with Gasteiger partial charge in [0.2, 0.25) is 10.0 Å². The molecule has 2 N–H and O–H groups in total. The largest absolute Gasteiger partial charge is 0.452 e. The zero-order valence-corrected chi connectivity index (χ0v) is 18.0. The number of halogens is 2. The molecule has 27 heavy (non-hydrogen) atoms. The molecular formula is C17H24Cl2N2O5S. The van der Waals surface area contributed by atoms with E-state index in [2.05, 4.69) is 10.0 Å². The molecule has 1 amide bonds. The van der Waals surface area contributed by atoms with E-state index in [1.54, 1.807) is 0 Å². The molecule has 152 valence electrons. The van der Waals surface area contributed by atoms with Gasteiger partial charge in [0.25, 0.3) is 5.91 Å². The van der Waals surface area contributed by atoms with Crippen molar-refractivity contribution in [3.63, 3.8) is 0 Å². The lowest BCUT2D eigenvalue weighted by Gasteiger charge is -2.13. The fourth-order valence-corrected chi connectivity index (χ4v) is 3.93. The number of benzene rings is 1. The minimum absolute atomic E-state index is 0.0564. The number of hydrogen-bond acceptors (Lipinski definition) is 5. The third-order valence-electron chi connectivity index (χ3n) is 3.57. The highest BCUT2D eigenvalue weighted by Gasteiger charge is 2.24. The molecule has 0 saturated heterocycles. The molecule has 1 aromatic carbocycles. The van der Waals surface area contributed by atoms with Crippen LogP contribution in [-0.4, -0.2) is 39.5 Å². The van der Waals surface area contributed by atoms with Gasteiger partial charge < -0.3 is 10.1 Å².